The van der Waals surface area contributed by atoms with Crippen molar-refractivity contribution in [3.05, 3.63) is 42.0 Å². The summed E-state index contributed by atoms with van der Waals surface area (Å²) in [5.41, 5.74) is 0.674. The highest BCUT2D eigenvalue weighted by Gasteiger charge is 2.36. The molecule has 0 unspecified atom stereocenters. The lowest BCUT2D eigenvalue weighted by Gasteiger charge is -1.97. The Morgan fingerprint density at radius 3 is 2.42 bits per heavy atom. The zero-order valence-electron chi connectivity index (χ0n) is 6.90. The molecular weight excluding hydrogens is 148 g/mol. The lowest BCUT2D eigenvalue weighted by molar-refractivity contribution is 0.203. The average molecular weight is 160 g/mol. The van der Waals surface area contributed by atoms with E-state index in [0.717, 1.165) is 18.4 Å². The number of hydrogen-bond donors (Lipinski definition) is 1. The van der Waals surface area contributed by atoms with Crippen LogP contribution in [0.2, 0.25) is 0 Å². The van der Waals surface area contributed by atoms with Crippen LogP contribution in [0.3, 0.4) is 0 Å². The van der Waals surface area contributed by atoms with E-state index in [1.165, 1.54) is 0 Å². The van der Waals surface area contributed by atoms with Crippen molar-refractivity contribution < 1.29 is 5.11 Å². The first-order valence-electron chi connectivity index (χ1n) is 4.25. The highest BCUT2D eigenvalue weighted by Crippen LogP contribution is 2.36. The summed E-state index contributed by atoms with van der Waals surface area (Å²) in [6.45, 7) is 0. The fourth-order valence-corrected chi connectivity index (χ4v) is 1.11. The zero-order chi connectivity index (χ0) is 8.44. The molecule has 12 heavy (non-hydrogen) atoms. The molecule has 1 N–H and O–H groups in total. The lowest BCUT2D eigenvalue weighted by Crippen LogP contribution is -1.99. The van der Waals surface area contributed by atoms with Crippen LogP contribution in [0.4, 0.5) is 0 Å². The molecule has 0 spiro atoms. The van der Waals surface area contributed by atoms with Crippen LogP contribution < -0.4 is 0 Å². The van der Waals surface area contributed by atoms with E-state index in [2.05, 4.69) is 0 Å². The van der Waals surface area contributed by atoms with E-state index in [0.29, 0.717) is 0 Å². The van der Waals surface area contributed by atoms with Gasteiger partial charge in [-0.1, -0.05) is 42.5 Å². The van der Waals surface area contributed by atoms with Crippen molar-refractivity contribution in [2.75, 3.05) is 0 Å². The van der Waals surface area contributed by atoms with Crippen LogP contribution in [0.25, 0.3) is 6.08 Å². The van der Waals surface area contributed by atoms with Gasteiger partial charge in [-0.3, -0.25) is 0 Å². The molecule has 1 aromatic carbocycles. The van der Waals surface area contributed by atoms with Crippen LogP contribution in [-0.2, 0) is 0 Å². The predicted octanol–water partition coefficient (Wildman–Crippen LogP) is 2.22. The molecule has 1 aliphatic carbocycles. The van der Waals surface area contributed by atoms with Gasteiger partial charge >= 0.3 is 0 Å². The molecule has 1 fully saturated rings. The summed E-state index contributed by atoms with van der Waals surface area (Å²) in [5.74, 6) is 0. The molecule has 1 aliphatic rings. The lowest BCUT2D eigenvalue weighted by atomic mass is 10.2. The van der Waals surface area contributed by atoms with Gasteiger partial charge in [0.15, 0.2) is 0 Å². The molecule has 62 valence electrons. The first-order chi connectivity index (χ1) is 5.79. The average Bonchev–Trinajstić information content (AvgIpc) is 2.84. The van der Waals surface area contributed by atoms with Gasteiger partial charge in [0.2, 0.25) is 0 Å². The molecule has 2 rings (SSSR count). The maximum atomic E-state index is 9.50. The van der Waals surface area contributed by atoms with Crippen molar-refractivity contribution in [3.8, 4) is 0 Å². The van der Waals surface area contributed by atoms with Crippen LogP contribution in [0.15, 0.2) is 36.4 Å². The third kappa shape index (κ3) is 1.74. The molecular formula is C11H12O. The van der Waals surface area contributed by atoms with Crippen molar-refractivity contribution >= 4 is 6.08 Å². The number of aliphatic hydroxyl groups is 1. The zero-order valence-corrected chi connectivity index (χ0v) is 6.90. The van der Waals surface area contributed by atoms with E-state index in [1.54, 1.807) is 0 Å². The monoisotopic (exact) mass is 160 g/mol. The normalized spacial score (nSPS) is 19.8. The molecule has 0 amide bonds. The Labute approximate surface area is 72.4 Å². The molecule has 0 saturated heterocycles. The topological polar surface area (TPSA) is 20.2 Å². The van der Waals surface area contributed by atoms with Gasteiger partial charge in [-0.05, 0) is 18.4 Å². The summed E-state index contributed by atoms with van der Waals surface area (Å²) in [4.78, 5) is 0. The minimum absolute atomic E-state index is 0.476. The molecule has 0 heterocycles. The smallest absolute Gasteiger partial charge is 0.0833 e. The van der Waals surface area contributed by atoms with Crippen molar-refractivity contribution in [2.24, 2.45) is 0 Å². The quantitative estimate of drug-likeness (QED) is 0.703. The Kier molecular flexibility index (Phi) is 1.74. The molecule has 0 atom stereocenters. The largest absolute Gasteiger partial charge is 0.386 e. The van der Waals surface area contributed by atoms with Gasteiger partial charge in [-0.2, -0.15) is 0 Å². The van der Waals surface area contributed by atoms with E-state index in [9.17, 15) is 5.11 Å². The van der Waals surface area contributed by atoms with Gasteiger partial charge in [-0.15, -0.1) is 0 Å². The summed E-state index contributed by atoms with van der Waals surface area (Å²) in [6.07, 6.45) is 5.70. The summed E-state index contributed by atoms with van der Waals surface area (Å²) < 4.78 is 0. The van der Waals surface area contributed by atoms with Gasteiger partial charge in [0, 0.05) is 0 Å². The van der Waals surface area contributed by atoms with Gasteiger partial charge < -0.3 is 5.11 Å². The van der Waals surface area contributed by atoms with E-state index < -0.39 is 5.60 Å². The van der Waals surface area contributed by atoms with Gasteiger partial charge in [-0.25, -0.2) is 0 Å². The highest BCUT2D eigenvalue weighted by molar-refractivity contribution is 5.51. The van der Waals surface area contributed by atoms with E-state index >= 15 is 0 Å². The van der Waals surface area contributed by atoms with Gasteiger partial charge in [0.05, 0.1) is 5.60 Å². The molecule has 1 saturated carbocycles. The van der Waals surface area contributed by atoms with Crippen molar-refractivity contribution in [1.29, 1.82) is 0 Å². The number of rotatable bonds is 2. The molecule has 0 aromatic heterocycles. The predicted molar refractivity (Wildman–Crippen MR) is 49.7 cm³/mol. The highest BCUT2D eigenvalue weighted by atomic mass is 16.3. The number of hydrogen-bond acceptors (Lipinski definition) is 1. The SMILES string of the molecule is OC1(C=Cc2ccccc2)CC1. The molecule has 0 radical (unpaired) electrons. The first kappa shape index (κ1) is 7.56. The molecule has 1 heteroatoms. The Bertz CT molecular complexity index is 283. The second-order valence-electron chi connectivity index (χ2n) is 3.35. The maximum Gasteiger partial charge on any atom is 0.0833 e. The van der Waals surface area contributed by atoms with E-state index in [-0.39, 0.29) is 0 Å². The van der Waals surface area contributed by atoms with Crippen molar-refractivity contribution in [3.63, 3.8) is 0 Å². The first-order valence-corrected chi connectivity index (χ1v) is 4.25. The Morgan fingerprint density at radius 1 is 1.17 bits per heavy atom. The number of benzene rings is 1. The van der Waals surface area contributed by atoms with E-state index in [1.807, 2.05) is 42.5 Å². The van der Waals surface area contributed by atoms with Crippen LogP contribution in [0.5, 0.6) is 0 Å². The van der Waals surface area contributed by atoms with Gasteiger partial charge in [0.1, 0.15) is 0 Å². The third-order valence-corrected chi connectivity index (χ3v) is 2.15. The summed E-state index contributed by atoms with van der Waals surface area (Å²) in [6, 6.07) is 10.0. The summed E-state index contributed by atoms with van der Waals surface area (Å²) in [5, 5.41) is 9.50. The fraction of sp³-hybridized carbons (Fsp3) is 0.273. The minimum atomic E-state index is -0.476. The summed E-state index contributed by atoms with van der Waals surface area (Å²) >= 11 is 0. The Morgan fingerprint density at radius 2 is 1.83 bits per heavy atom. The van der Waals surface area contributed by atoms with Crippen LogP contribution in [-0.4, -0.2) is 10.7 Å². The van der Waals surface area contributed by atoms with Crippen LogP contribution in [0, 0.1) is 0 Å². The minimum Gasteiger partial charge on any atom is -0.386 e. The van der Waals surface area contributed by atoms with Crippen LogP contribution in [0.1, 0.15) is 18.4 Å². The maximum absolute atomic E-state index is 9.50. The molecule has 0 bridgehead atoms. The second kappa shape index (κ2) is 2.76. The van der Waals surface area contributed by atoms with Crippen LogP contribution >= 0.6 is 0 Å². The Hall–Kier alpha value is -1.08. The second-order valence-corrected chi connectivity index (χ2v) is 3.35. The van der Waals surface area contributed by atoms with Crippen molar-refractivity contribution in [1.82, 2.24) is 0 Å². The molecule has 0 aliphatic heterocycles. The standard InChI is InChI=1S/C11H12O/c12-11(8-9-11)7-6-10-4-2-1-3-5-10/h1-7,12H,8-9H2. The van der Waals surface area contributed by atoms with Gasteiger partial charge in [0.25, 0.3) is 0 Å². The fourth-order valence-electron chi connectivity index (χ4n) is 1.11. The van der Waals surface area contributed by atoms with Crippen molar-refractivity contribution in [2.45, 2.75) is 18.4 Å². The molecule has 1 aromatic rings. The summed E-state index contributed by atoms with van der Waals surface area (Å²) in [7, 11) is 0. The Balaban J connectivity index is 2.08. The third-order valence-electron chi connectivity index (χ3n) is 2.15. The molecule has 1 nitrogen and oxygen atoms in total. The van der Waals surface area contributed by atoms with E-state index in [4.69, 9.17) is 0 Å².